The lowest BCUT2D eigenvalue weighted by Crippen LogP contribution is -2.45. The summed E-state index contributed by atoms with van der Waals surface area (Å²) < 4.78 is 0. The Morgan fingerprint density at radius 3 is 2.74 bits per heavy atom. The molecule has 2 aromatic heterocycles. The Morgan fingerprint density at radius 1 is 1.26 bits per heavy atom. The molecule has 0 spiro atoms. The summed E-state index contributed by atoms with van der Waals surface area (Å²) in [5, 5.41) is 7.00. The van der Waals surface area contributed by atoms with Crippen LogP contribution in [0.25, 0.3) is 0 Å². The van der Waals surface area contributed by atoms with Crippen LogP contribution in [0.15, 0.2) is 35.0 Å². The van der Waals surface area contributed by atoms with Gasteiger partial charge in [0.1, 0.15) is 0 Å². The van der Waals surface area contributed by atoms with Gasteiger partial charge in [0.05, 0.1) is 16.8 Å². The Hall–Kier alpha value is -1.66. The van der Waals surface area contributed by atoms with Crippen LogP contribution in [0.1, 0.15) is 40.4 Å². The summed E-state index contributed by atoms with van der Waals surface area (Å²) in [5.74, 6) is -0.0199. The highest BCUT2D eigenvalue weighted by atomic mass is 32.1. The Morgan fingerprint density at radius 2 is 2.04 bits per heavy atom. The number of rotatable bonds is 4. The highest BCUT2D eigenvalue weighted by molar-refractivity contribution is 7.12. The fourth-order valence-corrected chi connectivity index (χ4v) is 4.30. The number of hydrogen-bond donors (Lipinski definition) is 1. The lowest BCUT2D eigenvalue weighted by Gasteiger charge is -2.32. The number of amides is 2. The minimum absolute atomic E-state index is 0.0193. The predicted octanol–water partition coefficient (Wildman–Crippen LogP) is 3.54. The number of nitrogens with one attached hydrogen (secondary N) is 1. The standard InChI is InChI=1S/C17H20N2O2S2/c1-12(14-6-3-9-22-14)18-16(20)13-5-2-8-19(11-13)17(21)15-7-4-10-23-15/h3-4,6-7,9-10,12-13H,2,5,8,11H2,1H3,(H,18,20). The first-order chi connectivity index (χ1) is 11.1. The molecule has 2 unspecified atom stereocenters. The van der Waals surface area contributed by atoms with Crippen molar-refractivity contribution < 1.29 is 9.59 Å². The SMILES string of the molecule is CC(NC(=O)C1CCCN(C(=O)c2cccs2)C1)c1cccs1. The van der Waals surface area contributed by atoms with Gasteiger partial charge in [-0.25, -0.2) is 0 Å². The zero-order valence-corrected chi connectivity index (χ0v) is 14.7. The van der Waals surface area contributed by atoms with Gasteiger partial charge in [-0.05, 0) is 42.7 Å². The maximum absolute atomic E-state index is 12.5. The quantitative estimate of drug-likeness (QED) is 0.919. The van der Waals surface area contributed by atoms with Crippen LogP contribution >= 0.6 is 22.7 Å². The van der Waals surface area contributed by atoms with Gasteiger partial charge >= 0.3 is 0 Å². The molecule has 0 aromatic carbocycles. The molecular formula is C17H20N2O2S2. The molecule has 2 amide bonds. The topological polar surface area (TPSA) is 49.4 Å². The Balaban J connectivity index is 1.59. The van der Waals surface area contributed by atoms with Crippen molar-refractivity contribution in [2.24, 2.45) is 5.92 Å². The third-order valence-electron chi connectivity index (χ3n) is 4.14. The molecule has 23 heavy (non-hydrogen) atoms. The van der Waals surface area contributed by atoms with Gasteiger partial charge in [0.2, 0.25) is 5.91 Å². The smallest absolute Gasteiger partial charge is 0.263 e. The van der Waals surface area contributed by atoms with Crippen LogP contribution in [0.4, 0.5) is 0 Å². The molecule has 1 aliphatic heterocycles. The van der Waals surface area contributed by atoms with Gasteiger partial charge < -0.3 is 10.2 Å². The van der Waals surface area contributed by atoms with Crippen LogP contribution in [-0.4, -0.2) is 29.8 Å². The molecule has 3 heterocycles. The minimum Gasteiger partial charge on any atom is -0.348 e. The summed E-state index contributed by atoms with van der Waals surface area (Å²) in [4.78, 5) is 28.7. The number of carbonyl (C=O) groups is 2. The van der Waals surface area contributed by atoms with Gasteiger partial charge in [-0.2, -0.15) is 0 Å². The van der Waals surface area contributed by atoms with E-state index in [1.165, 1.54) is 11.3 Å². The molecular weight excluding hydrogens is 328 g/mol. The van der Waals surface area contributed by atoms with Crippen LogP contribution in [0.3, 0.4) is 0 Å². The first-order valence-corrected chi connectivity index (χ1v) is 9.57. The minimum atomic E-state index is -0.116. The van der Waals surface area contributed by atoms with Gasteiger partial charge in [0.25, 0.3) is 5.91 Å². The van der Waals surface area contributed by atoms with Crippen LogP contribution in [0.2, 0.25) is 0 Å². The summed E-state index contributed by atoms with van der Waals surface area (Å²) in [7, 11) is 0. The van der Waals surface area contributed by atoms with Gasteiger partial charge in [-0.1, -0.05) is 12.1 Å². The number of hydrogen-bond acceptors (Lipinski definition) is 4. The van der Waals surface area contributed by atoms with Crippen molar-refractivity contribution in [1.82, 2.24) is 10.2 Å². The van der Waals surface area contributed by atoms with Crippen LogP contribution in [0, 0.1) is 5.92 Å². The third-order valence-corrected chi connectivity index (χ3v) is 6.05. The van der Waals surface area contributed by atoms with Crippen LogP contribution in [-0.2, 0) is 4.79 Å². The maximum atomic E-state index is 12.5. The molecule has 0 radical (unpaired) electrons. The molecule has 3 rings (SSSR count). The van der Waals surface area contributed by atoms with E-state index >= 15 is 0 Å². The van der Waals surface area contributed by atoms with Crippen LogP contribution < -0.4 is 5.32 Å². The molecule has 2 atom stereocenters. The average Bonchev–Trinajstić information content (AvgIpc) is 3.27. The van der Waals surface area contributed by atoms with E-state index in [-0.39, 0.29) is 23.8 Å². The molecule has 4 nitrogen and oxygen atoms in total. The molecule has 0 aliphatic carbocycles. The molecule has 0 saturated carbocycles. The summed E-state index contributed by atoms with van der Waals surface area (Å²) in [5.41, 5.74) is 0. The number of likely N-dealkylation sites (tertiary alicyclic amines) is 1. The van der Waals surface area contributed by atoms with E-state index in [4.69, 9.17) is 0 Å². The van der Waals surface area contributed by atoms with Crippen molar-refractivity contribution in [3.8, 4) is 0 Å². The molecule has 1 saturated heterocycles. The molecule has 0 bridgehead atoms. The van der Waals surface area contributed by atoms with E-state index in [1.807, 2.05) is 46.8 Å². The summed E-state index contributed by atoms with van der Waals surface area (Å²) in [6.45, 7) is 3.25. The summed E-state index contributed by atoms with van der Waals surface area (Å²) in [6.07, 6.45) is 1.72. The van der Waals surface area contributed by atoms with E-state index in [1.54, 1.807) is 11.3 Å². The van der Waals surface area contributed by atoms with Crippen molar-refractivity contribution in [2.45, 2.75) is 25.8 Å². The largest absolute Gasteiger partial charge is 0.348 e. The van der Waals surface area contributed by atoms with Gasteiger partial charge in [-0.15, -0.1) is 22.7 Å². The van der Waals surface area contributed by atoms with E-state index in [9.17, 15) is 9.59 Å². The fourth-order valence-electron chi connectivity index (χ4n) is 2.87. The van der Waals surface area contributed by atoms with E-state index < -0.39 is 0 Å². The van der Waals surface area contributed by atoms with Crippen molar-refractivity contribution in [2.75, 3.05) is 13.1 Å². The Bertz CT molecular complexity index is 652. The van der Waals surface area contributed by atoms with E-state index in [0.29, 0.717) is 6.54 Å². The van der Waals surface area contributed by atoms with Gasteiger partial charge in [0, 0.05) is 18.0 Å². The second-order valence-electron chi connectivity index (χ2n) is 5.81. The number of piperidine rings is 1. The number of nitrogens with zero attached hydrogens (tertiary/aromatic N) is 1. The molecule has 1 aliphatic rings. The second kappa shape index (κ2) is 7.27. The lowest BCUT2D eigenvalue weighted by atomic mass is 9.96. The van der Waals surface area contributed by atoms with Gasteiger partial charge in [0.15, 0.2) is 0 Å². The monoisotopic (exact) mass is 348 g/mol. The summed E-state index contributed by atoms with van der Waals surface area (Å²) in [6, 6.07) is 7.77. The fraction of sp³-hybridized carbons (Fsp3) is 0.412. The first-order valence-electron chi connectivity index (χ1n) is 7.81. The normalized spacial score (nSPS) is 19.3. The third kappa shape index (κ3) is 3.82. The summed E-state index contributed by atoms with van der Waals surface area (Å²) >= 11 is 3.10. The number of carbonyl (C=O) groups excluding carboxylic acids is 2. The second-order valence-corrected chi connectivity index (χ2v) is 7.74. The average molecular weight is 348 g/mol. The van der Waals surface area contributed by atoms with E-state index in [0.717, 1.165) is 29.1 Å². The Kier molecular flexibility index (Phi) is 5.13. The zero-order valence-electron chi connectivity index (χ0n) is 13.0. The first kappa shape index (κ1) is 16.2. The molecule has 122 valence electrons. The maximum Gasteiger partial charge on any atom is 0.263 e. The molecule has 1 N–H and O–H groups in total. The van der Waals surface area contributed by atoms with Crippen molar-refractivity contribution in [3.63, 3.8) is 0 Å². The molecule has 2 aromatic rings. The predicted molar refractivity (Wildman–Crippen MR) is 93.8 cm³/mol. The van der Waals surface area contributed by atoms with Crippen molar-refractivity contribution in [3.05, 3.63) is 44.8 Å². The van der Waals surface area contributed by atoms with Crippen molar-refractivity contribution >= 4 is 34.5 Å². The van der Waals surface area contributed by atoms with Crippen LogP contribution in [0.5, 0.6) is 0 Å². The van der Waals surface area contributed by atoms with E-state index in [2.05, 4.69) is 5.32 Å². The highest BCUT2D eigenvalue weighted by Gasteiger charge is 2.29. The molecule has 1 fully saturated rings. The van der Waals surface area contributed by atoms with Gasteiger partial charge in [-0.3, -0.25) is 9.59 Å². The lowest BCUT2D eigenvalue weighted by molar-refractivity contribution is -0.126. The van der Waals surface area contributed by atoms with Crippen molar-refractivity contribution in [1.29, 1.82) is 0 Å². The Labute approximate surface area is 144 Å². The number of thiophene rings is 2. The zero-order chi connectivity index (χ0) is 16.2. The highest BCUT2D eigenvalue weighted by Crippen LogP contribution is 2.23. The molecule has 6 heteroatoms.